The SMILES string of the molecule is CCCOc1ccc(CCC(=O)c2ccccc2)cc1OCC. The summed E-state index contributed by atoms with van der Waals surface area (Å²) in [4.78, 5) is 12.2. The highest BCUT2D eigenvalue weighted by atomic mass is 16.5. The van der Waals surface area contributed by atoms with Crippen LogP contribution in [0.1, 0.15) is 42.6 Å². The zero-order chi connectivity index (χ0) is 16.5. The van der Waals surface area contributed by atoms with Crippen molar-refractivity contribution in [1.29, 1.82) is 0 Å². The van der Waals surface area contributed by atoms with E-state index in [2.05, 4.69) is 6.92 Å². The van der Waals surface area contributed by atoms with E-state index in [4.69, 9.17) is 9.47 Å². The fourth-order valence-electron chi connectivity index (χ4n) is 2.33. The molecule has 0 saturated carbocycles. The second kappa shape index (κ2) is 8.99. The van der Waals surface area contributed by atoms with Gasteiger partial charge in [0.05, 0.1) is 13.2 Å². The van der Waals surface area contributed by atoms with Crippen molar-refractivity contribution < 1.29 is 14.3 Å². The van der Waals surface area contributed by atoms with Crippen LogP contribution >= 0.6 is 0 Å². The first-order valence-electron chi connectivity index (χ1n) is 8.21. The highest BCUT2D eigenvalue weighted by Gasteiger charge is 2.09. The smallest absolute Gasteiger partial charge is 0.163 e. The maximum absolute atomic E-state index is 12.2. The molecule has 0 aliphatic heterocycles. The Labute approximate surface area is 138 Å². The monoisotopic (exact) mass is 312 g/mol. The average molecular weight is 312 g/mol. The van der Waals surface area contributed by atoms with Crippen LogP contribution in [0.15, 0.2) is 48.5 Å². The maximum Gasteiger partial charge on any atom is 0.163 e. The second-order valence-corrected chi connectivity index (χ2v) is 5.35. The summed E-state index contributed by atoms with van der Waals surface area (Å²) in [6, 6.07) is 15.3. The van der Waals surface area contributed by atoms with E-state index in [1.54, 1.807) is 0 Å². The number of carbonyl (C=O) groups excluding carboxylic acids is 1. The number of aryl methyl sites for hydroxylation is 1. The number of ketones is 1. The Kier molecular flexibility index (Phi) is 6.67. The molecule has 0 amide bonds. The molecule has 0 N–H and O–H groups in total. The highest BCUT2D eigenvalue weighted by molar-refractivity contribution is 5.96. The third-order valence-corrected chi connectivity index (χ3v) is 3.51. The van der Waals surface area contributed by atoms with E-state index in [0.717, 1.165) is 29.0 Å². The molecule has 0 aliphatic rings. The maximum atomic E-state index is 12.2. The molecule has 0 bridgehead atoms. The summed E-state index contributed by atoms with van der Waals surface area (Å²) in [6.07, 6.45) is 2.14. The van der Waals surface area contributed by atoms with Crippen molar-refractivity contribution in [2.45, 2.75) is 33.1 Å². The van der Waals surface area contributed by atoms with Gasteiger partial charge in [-0.15, -0.1) is 0 Å². The first-order chi connectivity index (χ1) is 11.2. The number of rotatable bonds is 9. The first kappa shape index (κ1) is 17.1. The molecule has 0 saturated heterocycles. The summed E-state index contributed by atoms with van der Waals surface area (Å²) in [5.74, 6) is 1.69. The molecular weight excluding hydrogens is 288 g/mol. The lowest BCUT2D eigenvalue weighted by Gasteiger charge is -2.13. The lowest BCUT2D eigenvalue weighted by atomic mass is 10.0. The van der Waals surface area contributed by atoms with E-state index >= 15 is 0 Å². The van der Waals surface area contributed by atoms with Crippen molar-refractivity contribution in [3.8, 4) is 11.5 Å². The van der Waals surface area contributed by atoms with E-state index in [0.29, 0.717) is 26.1 Å². The zero-order valence-corrected chi connectivity index (χ0v) is 13.9. The minimum Gasteiger partial charge on any atom is -0.490 e. The van der Waals surface area contributed by atoms with Crippen molar-refractivity contribution >= 4 is 5.78 Å². The molecule has 0 spiro atoms. The normalized spacial score (nSPS) is 10.3. The van der Waals surface area contributed by atoms with E-state index in [1.165, 1.54) is 0 Å². The molecule has 122 valence electrons. The topological polar surface area (TPSA) is 35.5 Å². The van der Waals surface area contributed by atoms with Gasteiger partial charge in [0.1, 0.15) is 0 Å². The number of ether oxygens (including phenoxy) is 2. The quantitative estimate of drug-likeness (QED) is 0.630. The lowest BCUT2D eigenvalue weighted by molar-refractivity contribution is 0.0983. The second-order valence-electron chi connectivity index (χ2n) is 5.35. The van der Waals surface area contributed by atoms with Gasteiger partial charge in [0, 0.05) is 12.0 Å². The molecule has 0 heterocycles. The van der Waals surface area contributed by atoms with Crippen LogP contribution in [-0.4, -0.2) is 19.0 Å². The predicted molar refractivity (Wildman–Crippen MR) is 92.5 cm³/mol. The third-order valence-electron chi connectivity index (χ3n) is 3.51. The molecule has 3 nitrogen and oxygen atoms in total. The van der Waals surface area contributed by atoms with Gasteiger partial charge < -0.3 is 9.47 Å². The van der Waals surface area contributed by atoms with Gasteiger partial charge in [0.25, 0.3) is 0 Å². The van der Waals surface area contributed by atoms with E-state index < -0.39 is 0 Å². The minimum absolute atomic E-state index is 0.162. The Morgan fingerprint density at radius 1 is 0.957 bits per heavy atom. The molecule has 2 rings (SSSR count). The molecule has 0 aromatic heterocycles. The summed E-state index contributed by atoms with van der Waals surface area (Å²) < 4.78 is 11.4. The Morgan fingerprint density at radius 2 is 1.74 bits per heavy atom. The summed E-state index contributed by atoms with van der Waals surface area (Å²) >= 11 is 0. The van der Waals surface area contributed by atoms with E-state index in [9.17, 15) is 4.79 Å². The molecule has 0 aliphatic carbocycles. The van der Waals surface area contributed by atoms with Gasteiger partial charge in [0.2, 0.25) is 0 Å². The fourth-order valence-corrected chi connectivity index (χ4v) is 2.33. The standard InChI is InChI=1S/C20H24O3/c1-3-14-23-19-13-11-16(15-20(19)22-4-2)10-12-18(21)17-8-6-5-7-9-17/h5-9,11,13,15H,3-4,10,12,14H2,1-2H3. The summed E-state index contributed by atoms with van der Waals surface area (Å²) in [5, 5.41) is 0. The number of benzene rings is 2. The molecule has 0 fully saturated rings. The van der Waals surface area contributed by atoms with Crippen LogP contribution in [0.2, 0.25) is 0 Å². The first-order valence-corrected chi connectivity index (χ1v) is 8.21. The van der Waals surface area contributed by atoms with Gasteiger partial charge >= 0.3 is 0 Å². The largest absolute Gasteiger partial charge is 0.490 e. The number of Topliss-reactive ketones (excluding diaryl/α,β-unsaturated/α-hetero) is 1. The Balaban J connectivity index is 2.02. The predicted octanol–water partition coefficient (Wildman–Crippen LogP) is 4.69. The van der Waals surface area contributed by atoms with Crippen molar-refractivity contribution in [2.24, 2.45) is 0 Å². The minimum atomic E-state index is 0.162. The Hall–Kier alpha value is -2.29. The molecule has 3 heteroatoms. The summed E-state index contributed by atoms with van der Waals surface area (Å²) in [7, 11) is 0. The molecule has 0 unspecified atom stereocenters. The van der Waals surface area contributed by atoms with Gasteiger partial charge in [-0.25, -0.2) is 0 Å². The van der Waals surface area contributed by atoms with E-state index in [-0.39, 0.29) is 5.78 Å². The van der Waals surface area contributed by atoms with Gasteiger partial charge in [-0.05, 0) is 37.5 Å². The summed E-state index contributed by atoms with van der Waals surface area (Å²) in [6.45, 7) is 5.29. The molecule has 0 atom stereocenters. The Morgan fingerprint density at radius 3 is 2.43 bits per heavy atom. The number of hydrogen-bond donors (Lipinski definition) is 0. The number of carbonyl (C=O) groups is 1. The van der Waals surface area contributed by atoms with Crippen LogP contribution in [0.4, 0.5) is 0 Å². The van der Waals surface area contributed by atoms with Crippen LogP contribution in [-0.2, 0) is 6.42 Å². The average Bonchev–Trinajstić information content (AvgIpc) is 2.60. The molecule has 23 heavy (non-hydrogen) atoms. The summed E-state index contributed by atoms with van der Waals surface area (Å²) in [5.41, 5.74) is 1.85. The lowest BCUT2D eigenvalue weighted by Crippen LogP contribution is -2.03. The van der Waals surface area contributed by atoms with Crippen LogP contribution in [0.25, 0.3) is 0 Å². The Bertz CT molecular complexity index is 620. The van der Waals surface area contributed by atoms with Crippen molar-refractivity contribution in [3.63, 3.8) is 0 Å². The van der Waals surface area contributed by atoms with Gasteiger partial charge in [-0.3, -0.25) is 4.79 Å². The highest BCUT2D eigenvalue weighted by Crippen LogP contribution is 2.29. The fraction of sp³-hybridized carbons (Fsp3) is 0.350. The molecule has 0 radical (unpaired) electrons. The van der Waals surface area contributed by atoms with Gasteiger partial charge in [0.15, 0.2) is 17.3 Å². The number of hydrogen-bond acceptors (Lipinski definition) is 3. The van der Waals surface area contributed by atoms with Crippen LogP contribution in [0, 0.1) is 0 Å². The van der Waals surface area contributed by atoms with Crippen molar-refractivity contribution in [1.82, 2.24) is 0 Å². The van der Waals surface area contributed by atoms with Gasteiger partial charge in [-0.1, -0.05) is 43.3 Å². The molecular formula is C20H24O3. The van der Waals surface area contributed by atoms with Crippen LogP contribution in [0.5, 0.6) is 11.5 Å². The van der Waals surface area contributed by atoms with Crippen LogP contribution < -0.4 is 9.47 Å². The molecule has 2 aromatic carbocycles. The van der Waals surface area contributed by atoms with Crippen molar-refractivity contribution in [3.05, 3.63) is 59.7 Å². The third kappa shape index (κ3) is 5.13. The van der Waals surface area contributed by atoms with Gasteiger partial charge in [-0.2, -0.15) is 0 Å². The molecule has 2 aromatic rings. The van der Waals surface area contributed by atoms with Crippen molar-refractivity contribution in [2.75, 3.05) is 13.2 Å². The zero-order valence-electron chi connectivity index (χ0n) is 13.9. The van der Waals surface area contributed by atoms with Crippen LogP contribution in [0.3, 0.4) is 0 Å². The van der Waals surface area contributed by atoms with E-state index in [1.807, 2.05) is 55.5 Å².